The lowest BCUT2D eigenvalue weighted by Gasteiger charge is -2.12. The molecule has 25 heavy (non-hydrogen) atoms. The van der Waals surface area contributed by atoms with Gasteiger partial charge in [0.1, 0.15) is 11.9 Å². The van der Waals surface area contributed by atoms with Crippen LogP contribution in [0.1, 0.15) is 31.7 Å². The number of ether oxygens (including phenoxy) is 2. The molecule has 0 aliphatic heterocycles. The number of imidazole rings is 1. The highest BCUT2D eigenvalue weighted by Crippen LogP contribution is 2.26. The molecule has 1 atom stereocenters. The van der Waals surface area contributed by atoms with E-state index in [4.69, 9.17) is 9.47 Å². The maximum atomic E-state index is 9.99. The number of rotatable bonds is 8. The van der Waals surface area contributed by atoms with Crippen LogP contribution in [0.25, 0.3) is 11.0 Å². The van der Waals surface area contributed by atoms with Crippen molar-refractivity contribution in [2.75, 3.05) is 13.7 Å². The fourth-order valence-electron chi connectivity index (χ4n) is 2.94. The molecule has 0 saturated carbocycles. The molecule has 0 bridgehead atoms. The number of aromatic nitrogens is 2. The molecule has 5 heteroatoms. The molecule has 0 fully saturated rings. The van der Waals surface area contributed by atoms with Crippen molar-refractivity contribution in [2.24, 2.45) is 0 Å². The Morgan fingerprint density at radius 3 is 2.52 bits per heavy atom. The van der Waals surface area contributed by atoms with Crippen molar-refractivity contribution in [1.82, 2.24) is 9.55 Å². The van der Waals surface area contributed by atoms with E-state index in [-0.39, 0.29) is 0 Å². The van der Waals surface area contributed by atoms with Gasteiger partial charge in [0.15, 0.2) is 11.5 Å². The van der Waals surface area contributed by atoms with Crippen molar-refractivity contribution in [1.29, 1.82) is 0 Å². The summed E-state index contributed by atoms with van der Waals surface area (Å²) in [6, 6.07) is 15.6. The van der Waals surface area contributed by atoms with Crippen LogP contribution in [-0.4, -0.2) is 28.4 Å². The summed E-state index contributed by atoms with van der Waals surface area (Å²) in [5.41, 5.74) is 1.98. The molecular weight excluding hydrogens is 316 g/mol. The van der Waals surface area contributed by atoms with Gasteiger partial charge < -0.3 is 19.1 Å². The number of hydrogen-bond donors (Lipinski definition) is 1. The fourth-order valence-corrected chi connectivity index (χ4v) is 2.94. The monoisotopic (exact) mass is 340 g/mol. The minimum absolute atomic E-state index is 0.586. The number of benzene rings is 2. The Bertz CT molecular complexity index is 827. The van der Waals surface area contributed by atoms with Gasteiger partial charge in [0.2, 0.25) is 0 Å². The van der Waals surface area contributed by atoms with E-state index in [0.29, 0.717) is 12.4 Å². The second-order valence-electron chi connectivity index (χ2n) is 5.99. The molecule has 2 aromatic carbocycles. The molecule has 0 radical (unpaired) electrons. The lowest BCUT2D eigenvalue weighted by molar-refractivity contribution is 0.184. The van der Waals surface area contributed by atoms with Gasteiger partial charge in [-0.15, -0.1) is 0 Å². The van der Waals surface area contributed by atoms with Crippen molar-refractivity contribution in [3.8, 4) is 11.5 Å². The Hall–Kier alpha value is -2.53. The summed E-state index contributed by atoms with van der Waals surface area (Å²) >= 11 is 0. The van der Waals surface area contributed by atoms with E-state index in [0.717, 1.165) is 41.9 Å². The van der Waals surface area contributed by atoms with Crippen molar-refractivity contribution >= 4 is 11.0 Å². The number of aliphatic hydroxyl groups is 1. The summed E-state index contributed by atoms with van der Waals surface area (Å²) in [7, 11) is 1.64. The summed E-state index contributed by atoms with van der Waals surface area (Å²) in [4.78, 5) is 4.55. The van der Waals surface area contributed by atoms with E-state index < -0.39 is 6.10 Å². The summed E-state index contributed by atoms with van der Waals surface area (Å²) < 4.78 is 13.2. The van der Waals surface area contributed by atoms with Gasteiger partial charge in [-0.25, -0.2) is 4.98 Å². The number of methoxy groups -OCH3 is 1. The van der Waals surface area contributed by atoms with Crippen LogP contribution in [0.5, 0.6) is 11.5 Å². The van der Waals surface area contributed by atoms with Gasteiger partial charge in [0, 0.05) is 6.54 Å². The zero-order valence-electron chi connectivity index (χ0n) is 14.7. The number of nitrogens with zero attached hydrogens (tertiary/aromatic N) is 2. The molecule has 0 aliphatic carbocycles. The first kappa shape index (κ1) is 17.3. The molecule has 0 saturated heterocycles. The van der Waals surface area contributed by atoms with Crippen molar-refractivity contribution in [2.45, 2.75) is 32.4 Å². The van der Waals surface area contributed by atoms with Crippen molar-refractivity contribution in [3.05, 3.63) is 54.4 Å². The molecule has 0 aliphatic rings. The molecule has 3 aromatic rings. The fraction of sp³-hybridized carbons (Fsp3) is 0.350. The number of aryl methyl sites for hydroxylation is 1. The van der Waals surface area contributed by atoms with Crippen LogP contribution < -0.4 is 9.47 Å². The second-order valence-corrected chi connectivity index (χ2v) is 5.99. The third kappa shape index (κ3) is 3.94. The maximum absolute atomic E-state index is 9.99. The van der Waals surface area contributed by atoms with Crippen LogP contribution in [0.2, 0.25) is 0 Å². The molecule has 132 valence electrons. The van der Waals surface area contributed by atoms with Crippen LogP contribution >= 0.6 is 0 Å². The number of fused-ring (bicyclic) bond motifs is 1. The number of para-hydroxylation sites is 4. The summed E-state index contributed by atoms with van der Waals surface area (Å²) in [6.45, 7) is 3.18. The SMILES string of the molecule is COc1ccccc1OCCCCn1c([C@H](C)O)nc2ccccc21. The molecule has 1 aromatic heterocycles. The number of aliphatic hydroxyl groups excluding tert-OH is 1. The predicted octanol–water partition coefficient (Wildman–Crippen LogP) is 3.96. The van der Waals surface area contributed by atoms with Gasteiger partial charge in [-0.2, -0.15) is 0 Å². The summed E-state index contributed by atoms with van der Waals surface area (Å²) in [5.74, 6) is 2.23. The van der Waals surface area contributed by atoms with Crippen molar-refractivity contribution in [3.63, 3.8) is 0 Å². The zero-order valence-corrected chi connectivity index (χ0v) is 14.7. The van der Waals surface area contributed by atoms with Gasteiger partial charge in [-0.3, -0.25) is 0 Å². The topological polar surface area (TPSA) is 56.5 Å². The Kier molecular flexibility index (Phi) is 5.56. The molecule has 3 rings (SSSR count). The van der Waals surface area contributed by atoms with Crippen LogP contribution in [0.4, 0.5) is 0 Å². The Labute approximate surface area is 147 Å². The van der Waals surface area contributed by atoms with E-state index in [9.17, 15) is 5.11 Å². The number of hydrogen-bond acceptors (Lipinski definition) is 4. The first-order valence-corrected chi connectivity index (χ1v) is 8.59. The third-order valence-corrected chi connectivity index (χ3v) is 4.16. The Morgan fingerprint density at radius 1 is 1.04 bits per heavy atom. The van der Waals surface area contributed by atoms with E-state index in [2.05, 4.69) is 9.55 Å². The largest absolute Gasteiger partial charge is 0.493 e. The Morgan fingerprint density at radius 2 is 1.76 bits per heavy atom. The second kappa shape index (κ2) is 8.03. The first-order valence-electron chi connectivity index (χ1n) is 8.59. The van der Waals surface area contributed by atoms with E-state index >= 15 is 0 Å². The van der Waals surface area contributed by atoms with Crippen LogP contribution in [0.15, 0.2) is 48.5 Å². The van der Waals surface area contributed by atoms with Crippen LogP contribution in [0, 0.1) is 0 Å². The molecule has 0 unspecified atom stereocenters. The maximum Gasteiger partial charge on any atom is 0.161 e. The molecule has 0 amide bonds. The minimum atomic E-state index is -0.586. The standard InChI is InChI=1S/C20H24N2O3/c1-15(23)20-21-16-9-3-4-10-17(16)22(20)13-7-8-14-25-19-12-6-5-11-18(19)24-2/h3-6,9-12,15,23H,7-8,13-14H2,1-2H3/t15-/m0/s1. The highest BCUT2D eigenvalue weighted by Gasteiger charge is 2.14. The zero-order chi connectivity index (χ0) is 17.6. The third-order valence-electron chi connectivity index (χ3n) is 4.16. The molecular formula is C20H24N2O3. The minimum Gasteiger partial charge on any atom is -0.493 e. The van der Waals surface area contributed by atoms with Crippen LogP contribution in [0.3, 0.4) is 0 Å². The van der Waals surface area contributed by atoms with Gasteiger partial charge in [-0.05, 0) is 44.0 Å². The normalized spacial score (nSPS) is 12.3. The predicted molar refractivity (Wildman–Crippen MR) is 98.1 cm³/mol. The quantitative estimate of drug-likeness (QED) is 0.631. The van der Waals surface area contributed by atoms with E-state index in [1.165, 1.54) is 0 Å². The van der Waals surface area contributed by atoms with E-state index in [1.807, 2.05) is 48.5 Å². The summed E-state index contributed by atoms with van der Waals surface area (Å²) in [6.07, 6.45) is 1.26. The number of unbranched alkanes of at least 4 members (excludes halogenated alkanes) is 1. The molecule has 5 nitrogen and oxygen atoms in total. The van der Waals surface area contributed by atoms with Gasteiger partial charge in [-0.1, -0.05) is 24.3 Å². The molecule has 1 heterocycles. The average molecular weight is 340 g/mol. The first-order chi connectivity index (χ1) is 12.2. The highest BCUT2D eigenvalue weighted by molar-refractivity contribution is 5.75. The lowest BCUT2D eigenvalue weighted by atomic mass is 10.2. The van der Waals surface area contributed by atoms with Crippen LogP contribution in [-0.2, 0) is 6.54 Å². The molecule has 0 spiro atoms. The van der Waals surface area contributed by atoms with Gasteiger partial charge in [0.05, 0.1) is 24.8 Å². The average Bonchev–Trinajstić information content (AvgIpc) is 3.01. The highest BCUT2D eigenvalue weighted by atomic mass is 16.5. The lowest BCUT2D eigenvalue weighted by Crippen LogP contribution is -2.08. The Balaban J connectivity index is 1.59. The van der Waals surface area contributed by atoms with Gasteiger partial charge in [0.25, 0.3) is 0 Å². The summed E-state index contributed by atoms with van der Waals surface area (Å²) in [5, 5.41) is 9.99. The van der Waals surface area contributed by atoms with E-state index in [1.54, 1.807) is 14.0 Å². The van der Waals surface area contributed by atoms with Crippen molar-refractivity contribution < 1.29 is 14.6 Å². The smallest absolute Gasteiger partial charge is 0.161 e. The van der Waals surface area contributed by atoms with Gasteiger partial charge >= 0.3 is 0 Å². The molecule has 1 N–H and O–H groups in total.